The van der Waals surface area contributed by atoms with Crippen LogP contribution in [0.15, 0.2) is 35.1 Å². The number of hydrogen-bond donors (Lipinski definition) is 0. The Balaban J connectivity index is 2.64. The molecule has 0 N–H and O–H groups in total. The monoisotopic (exact) mass is 303 g/mol. The summed E-state index contributed by atoms with van der Waals surface area (Å²) in [5.74, 6) is -0.0545. The Morgan fingerprint density at radius 1 is 1.12 bits per heavy atom. The van der Waals surface area contributed by atoms with Gasteiger partial charge in [-0.3, -0.25) is 0 Å². The number of benzene rings is 1. The van der Waals surface area contributed by atoms with Crippen LogP contribution in [-0.2, 0) is 6.18 Å². The molecule has 2 rings (SSSR count). The van der Waals surface area contributed by atoms with Crippen molar-refractivity contribution in [1.82, 2.24) is 15.2 Å². The fraction of sp³-hybridized carbons (Fsp3) is 0.100. The maximum Gasteiger partial charge on any atom is 0.417 e. The summed E-state index contributed by atoms with van der Waals surface area (Å²) in [6.45, 7) is 0. The summed E-state index contributed by atoms with van der Waals surface area (Å²) in [5, 5.41) is 7.10. The first-order chi connectivity index (χ1) is 7.98. The van der Waals surface area contributed by atoms with Crippen molar-refractivity contribution in [3.63, 3.8) is 0 Å². The van der Waals surface area contributed by atoms with E-state index in [0.29, 0.717) is 4.47 Å². The topological polar surface area (TPSA) is 38.7 Å². The summed E-state index contributed by atoms with van der Waals surface area (Å²) in [6, 6.07) is 3.62. The first-order valence-corrected chi connectivity index (χ1v) is 5.28. The number of halogens is 4. The van der Waals surface area contributed by atoms with Gasteiger partial charge in [0, 0.05) is 16.2 Å². The van der Waals surface area contributed by atoms with Crippen molar-refractivity contribution in [2.75, 3.05) is 0 Å². The molecule has 1 aromatic carbocycles. The quantitative estimate of drug-likeness (QED) is 0.811. The average molecular weight is 304 g/mol. The van der Waals surface area contributed by atoms with Crippen LogP contribution in [0.4, 0.5) is 13.2 Å². The molecule has 0 aliphatic carbocycles. The summed E-state index contributed by atoms with van der Waals surface area (Å²) in [6.07, 6.45) is -1.85. The first-order valence-electron chi connectivity index (χ1n) is 4.49. The SMILES string of the molecule is FC(F)(F)c1ccc(Br)cc1-c1nccnn1. The molecular weight excluding hydrogens is 299 g/mol. The molecule has 2 aromatic rings. The Morgan fingerprint density at radius 2 is 1.88 bits per heavy atom. The second kappa shape index (κ2) is 4.40. The summed E-state index contributed by atoms with van der Waals surface area (Å²) in [4.78, 5) is 3.77. The van der Waals surface area contributed by atoms with Gasteiger partial charge in [-0.1, -0.05) is 15.9 Å². The molecule has 0 unspecified atom stereocenters. The van der Waals surface area contributed by atoms with Crippen molar-refractivity contribution >= 4 is 15.9 Å². The van der Waals surface area contributed by atoms with Crippen molar-refractivity contribution in [1.29, 1.82) is 0 Å². The van der Waals surface area contributed by atoms with Gasteiger partial charge in [-0.25, -0.2) is 4.98 Å². The molecule has 0 saturated carbocycles. The van der Waals surface area contributed by atoms with Gasteiger partial charge in [-0.2, -0.15) is 18.3 Å². The molecule has 0 radical (unpaired) electrons. The molecule has 0 aliphatic heterocycles. The van der Waals surface area contributed by atoms with Gasteiger partial charge in [0.2, 0.25) is 0 Å². The molecule has 0 aliphatic rings. The maximum atomic E-state index is 12.8. The molecule has 0 bridgehead atoms. The Labute approximate surface area is 103 Å². The van der Waals surface area contributed by atoms with Gasteiger partial charge < -0.3 is 0 Å². The lowest BCUT2D eigenvalue weighted by Gasteiger charge is -2.11. The third-order valence-corrected chi connectivity index (χ3v) is 2.50. The zero-order chi connectivity index (χ0) is 12.5. The highest BCUT2D eigenvalue weighted by atomic mass is 79.9. The fourth-order valence-corrected chi connectivity index (χ4v) is 1.68. The Hall–Kier alpha value is -1.50. The van der Waals surface area contributed by atoms with Crippen LogP contribution in [-0.4, -0.2) is 15.2 Å². The molecule has 1 aromatic heterocycles. The lowest BCUT2D eigenvalue weighted by atomic mass is 10.1. The van der Waals surface area contributed by atoms with Crippen molar-refractivity contribution in [2.24, 2.45) is 0 Å². The Bertz CT molecular complexity index is 528. The molecule has 88 valence electrons. The van der Waals surface area contributed by atoms with Gasteiger partial charge in [0.05, 0.1) is 11.8 Å². The van der Waals surface area contributed by atoms with Gasteiger partial charge >= 0.3 is 6.18 Å². The zero-order valence-electron chi connectivity index (χ0n) is 8.24. The van der Waals surface area contributed by atoms with Gasteiger partial charge in [-0.05, 0) is 18.2 Å². The van der Waals surface area contributed by atoms with Crippen LogP contribution < -0.4 is 0 Å². The largest absolute Gasteiger partial charge is 0.417 e. The summed E-state index contributed by atoms with van der Waals surface area (Å²) < 4.78 is 38.8. The van der Waals surface area contributed by atoms with Crippen molar-refractivity contribution in [2.45, 2.75) is 6.18 Å². The normalized spacial score (nSPS) is 11.5. The van der Waals surface area contributed by atoms with E-state index in [2.05, 4.69) is 31.1 Å². The molecule has 0 spiro atoms. The predicted octanol–water partition coefficient (Wildman–Crippen LogP) is 3.32. The van der Waals surface area contributed by atoms with Gasteiger partial charge in [0.25, 0.3) is 0 Å². The summed E-state index contributed by atoms with van der Waals surface area (Å²) in [7, 11) is 0. The number of hydrogen-bond acceptors (Lipinski definition) is 3. The molecule has 3 nitrogen and oxygen atoms in total. The summed E-state index contributed by atoms with van der Waals surface area (Å²) >= 11 is 3.12. The van der Waals surface area contributed by atoms with E-state index in [1.807, 2.05) is 0 Å². The predicted molar refractivity (Wildman–Crippen MR) is 58.0 cm³/mol. The maximum absolute atomic E-state index is 12.8. The molecule has 0 amide bonds. The van der Waals surface area contributed by atoms with Crippen molar-refractivity contribution in [3.05, 3.63) is 40.6 Å². The van der Waals surface area contributed by atoms with Gasteiger partial charge in [0.1, 0.15) is 0 Å². The van der Waals surface area contributed by atoms with E-state index in [9.17, 15) is 13.2 Å². The lowest BCUT2D eigenvalue weighted by Crippen LogP contribution is -2.08. The average Bonchev–Trinajstić information content (AvgIpc) is 2.28. The molecule has 0 atom stereocenters. The lowest BCUT2D eigenvalue weighted by molar-refractivity contribution is -0.137. The third-order valence-electron chi connectivity index (χ3n) is 2.01. The minimum Gasteiger partial charge on any atom is -0.233 e. The van der Waals surface area contributed by atoms with Crippen LogP contribution in [0.1, 0.15) is 5.56 Å². The van der Waals surface area contributed by atoms with Crippen LogP contribution in [0, 0.1) is 0 Å². The molecule has 0 saturated heterocycles. The van der Waals surface area contributed by atoms with E-state index >= 15 is 0 Å². The van der Waals surface area contributed by atoms with Crippen molar-refractivity contribution in [3.8, 4) is 11.4 Å². The van der Waals surface area contributed by atoms with E-state index in [0.717, 1.165) is 6.07 Å². The van der Waals surface area contributed by atoms with Crippen LogP contribution in [0.3, 0.4) is 0 Å². The fourth-order valence-electron chi connectivity index (χ4n) is 1.32. The van der Waals surface area contributed by atoms with Crippen LogP contribution in [0.2, 0.25) is 0 Å². The van der Waals surface area contributed by atoms with Crippen LogP contribution in [0.25, 0.3) is 11.4 Å². The smallest absolute Gasteiger partial charge is 0.233 e. The highest BCUT2D eigenvalue weighted by Gasteiger charge is 2.34. The second-order valence-electron chi connectivity index (χ2n) is 3.15. The van der Waals surface area contributed by atoms with Crippen LogP contribution >= 0.6 is 15.9 Å². The first kappa shape index (κ1) is 12.0. The number of alkyl halides is 3. The molecule has 7 heteroatoms. The summed E-state index contributed by atoms with van der Waals surface area (Å²) in [5.41, 5.74) is -0.881. The molecule has 0 fully saturated rings. The molecule has 1 heterocycles. The zero-order valence-corrected chi connectivity index (χ0v) is 9.83. The number of aromatic nitrogens is 3. The second-order valence-corrected chi connectivity index (χ2v) is 4.07. The minimum atomic E-state index is -4.45. The van der Waals surface area contributed by atoms with E-state index in [-0.39, 0.29) is 11.4 Å². The highest BCUT2D eigenvalue weighted by molar-refractivity contribution is 9.10. The highest BCUT2D eigenvalue weighted by Crippen LogP contribution is 2.36. The van der Waals surface area contributed by atoms with Crippen molar-refractivity contribution < 1.29 is 13.2 Å². The third kappa shape index (κ3) is 2.60. The van der Waals surface area contributed by atoms with E-state index < -0.39 is 11.7 Å². The van der Waals surface area contributed by atoms with Crippen LogP contribution in [0.5, 0.6) is 0 Å². The van der Waals surface area contributed by atoms with Gasteiger partial charge in [0.15, 0.2) is 5.82 Å². The standard InChI is InChI=1S/C10H5BrF3N3/c11-6-1-2-8(10(12,13)14)7(5-6)9-15-3-4-16-17-9/h1-5H. The molecule has 17 heavy (non-hydrogen) atoms. The van der Waals surface area contributed by atoms with Gasteiger partial charge in [-0.15, -0.1) is 5.10 Å². The minimum absolute atomic E-state index is 0.0545. The van der Waals surface area contributed by atoms with E-state index in [1.165, 1.54) is 24.5 Å². The number of rotatable bonds is 1. The Morgan fingerprint density at radius 3 is 2.47 bits per heavy atom. The van der Waals surface area contributed by atoms with E-state index in [1.54, 1.807) is 0 Å². The number of nitrogens with zero attached hydrogens (tertiary/aromatic N) is 3. The van der Waals surface area contributed by atoms with E-state index in [4.69, 9.17) is 0 Å². The Kier molecular flexibility index (Phi) is 3.10. The molecular formula is C10H5BrF3N3.